The van der Waals surface area contributed by atoms with Crippen molar-refractivity contribution in [2.75, 3.05) is 10.6 Å². The minimum Gasteiger partial charge on any atom is -0.459 e. The predicted molar refractivity (Wildman–Crippen MR) is 99.9 cm³/mol. The number of aromatic nitrogens is 1. The molecular formula is C17H14BrN3O3S. The van der Waals surface area contributed by atoms with Gasteiger partial charge in [0.15, 0.2) is 10.9 Å². The summed E-state index contributed by atoms with van der Waals surface area (Å²) >= 11 is 4.67. The van der Waals surface area contributed by atoms with E-state index >= 15 is 0 Å². The highest BCUT2D eigenvalue weighted by molar-refractivity contribution is 9.10. The Hall–Kier alpha value is -2.45. The topological polar surface area (TPSA) is 84.2 Å². The molecule has 6 nitrogen and oxygen atoms in total. The molecule has 0 aliphatic rings. The van der Waals surface area contributed by atoms with E-state index in [2.05, 4.69) is 31.5 Å². The van der Waals surface area contributed by atoms with Crippen molar-refractivity contribution in [1.29, 1.82) is 0 Å². The lowest BCUT2D eigenvalue weighted by atomic mass is 10.2. The molecular weight excluding hydrogens is 406 g/mol. The van der Waals surface area contributed by atoms with Crippen molar-refractivity contribution in [3.05, 3.63) is 64.0 Å². The van der Waals surface area contributed by atoms with Crippen LogP contribution in [0.5, 0.6) is 0 Å². The molecule has 0 unspecified atom stereocenters. The maximum Gasteiger partial charge on any atom is 0.293 e. The van der Waals surface area contributed by atoms with Gasteiger partial charge in [0.25, 0.3) is 5.91 Å². The summed E-state index contributed by atoms with van der Waals surface area (Å²) in [6.45, 7) is 0. The maximum atomic E-state index is 12.0. The van der Waals surface area contributed by atoms with Crippen molar-refractivity contribution in [1.82, 2.24) is 4.98 Å². The fourth-order valence-electron chi connectivity index (χ4n) is 2.08. The zero-order chi connectivity index (χ0) is 17.6. The van der Waals surface area contributed by atoms with E-state index in [1.807, 2.05) is 29.6 Å². The van der Waals surface area contributed by atoms with E-state index in [1.165, 1.54) is 17.6 Å². The molecule has 8 heteroatoms. The van der Waals surface area contributed by atoms with Crippen molar-refractivity contribution >= 4 is 49.9 Å². The van der Waals surface area contributed by atoms with Crippen LogP contribution in [0.3, 0.4) is 0 Å². The van der Waals surface area contributed by atoms with E-state index in [0.29, 0.717) is 18.0 Å². The van der Waals surface area contributed by atoms with Crippen LogP contribution in [0.4, 0.5) is 10.8 Å². The van der Waals surface area contributed by atoms with Gasteiger partial charge in [0.1, 0.15) is 0 Å². The van der Waals surface area contributed by atoms with Crippen LogP contribution in [0.15, 0.2) is 56.9 Å². The number of aryl methyl sites for hydroxylation is 1. The smallest absolute Gasteiger partial charge is 0.293 e. The van der Waals surface area contributed by atoms with Gasteiger partial charge in [-0.15, -0.1) is 11.3 Å². The summed E-state index contributed by atoms with van der Waals surface area (Å²) in [7, 11) is 0. The molecule has 0 radical (unpaired) electrons. The van der Waals surface area contributed by atoms with Crippen LogP contribution in [0.1, 0.15) is 22.7 Å². The molecule has 0 saturated heterocycles. The molecule has 2 N–H and O–H groups in total. The number of benzene rings is 1. The molecule has 0 bridgehead atoms. The van der Waals surface area contributed by atoms with Gasteiger partial charge in [-0.25, -0.2) is 4.98 Å². The normalized spacial score (nSPS) is 10.4. The lowest BCUT2D eigenvalue weighted by Gasteiger charge is -2.04. The fraction of sp³-hybridized carbons (Fsp3) is 0.118. The van der Waals surface area contributed by atoms with Gasteiger partial charge in [0, 0.05) is 22.0 Å². The Morgan fingerprint density at radius 1 is 1.20 bits per heavy atom. The lowest BCUT2D eigenvalue weighted by molar-refractivity contribution is -0.116. The van der Waals surface area contributed by atoms with Crippen molar-refractivity contribution in [3.8, 4) is 0 Å². The number of anilines is 2. The minimum atomic E-state index is -0.349. The van der Waals surface area contributed by atoms with Gasteiger partial charge in [-0.2, -0.15) is 0 Å². The van der Waals surface area contributed by atoms with E-state index in [4.69, 9.17) is 4.42 Å². The second kappa shape index (κ2) is 8.09. The maximum absolute atomic E-state index is 12.0. The third-order valence-corrected chi connectivity index (χ3v) is 4.53. The standard InChI is InChI=1S/C17H14BrN3O3S/c18-11-3-1-4-12(9-11)19-15(22)7-6-13-10-25-17(20-13)21-16(23)14-5-2-8-24-14/h1-5,8-10H,6-7H2,(H,19,22)(H,20,21,23). The van der Waals surface area contributed by atoms with Crippen LogP contribution in [0, 0.1) is 0 Å². The molecule has 2 heterocycles. The number of carbonyl (C=O) groups is 2. The van der Waals surface area contributed by atoms with Crippen molar-refractivity contribution < 1.29 is 14.0 Å². The zero-order valence-electron chi connectivity index (χ0n) is 13.0. The van der Waals surface area contributed by atoms with E-state index in [1.54, 1.807) is 12.1 Å². The highest BCUT2D eigenvalue weighted by atomic mass is 79.9. The van der Waals surface area contributed by atoms with E-state index < -0.39 is 0 Å². The molecule has 25 heavy (non-hydrogen) atoms. The molecule has 0 spiro atoms. The lowest BCUT2D eigenvalue weighted by Crippen LogP contribution is -2.12. The molecule has 128 valence electrons. The fourth-order valence-corrected chi connectivity index (χ4v) is 3.22. The number of hydrogen-bond donors (Lipinski definition) is 2. The quantitative estimate of drug-likeness (QED) is 0.622. The number of carbonyl (C=O) groups excluding carboxylic acids is 2. The second-order valence-corrected chi connectivity index (χ2v) is 6.91. The number of nitrogens with one attached hydrogen (secondary N) is 2. The minimum absolute atomic E-state index is 0.0905. The largest absolute Gasteiger partial charge is 0.459 e. The first-order valence-corrected chi connectivity index (χ1v) is 9.12. The van der Waals surface area contributed by atoms with Gasteiger partial charge in [0.2, 0.25) is 5.91 Å². The van der Waals surface area contributed by atoms with Crippen LogP contribution >= 0.6 is 27.3 Å². The number of furan rings is 1. The Balaban J connectivity index is 1.50. The molecule has 0 atom stereocenters. The van der Waals surface area contributed by atoms with Gasteiger partial charge in [-0.1, -0.05) is 22.0 Å². The van der Waals surface area contributed by atoms with E-state index in [-0.39, 0.29) is 17.6 Å². The summed E-state index contributed by atoms with van der Waals surface area (Å²) in [4.78, 5) is 28.2. The van der Waals surface area contributed by atoms with Gasteiger partial charge >= 0.3 is 0 Å². The number of rotatable bonds is 6. The monoisotopic (exact) mass is 419 g/mol. The molecule has 3 rings (SSSR count). The molecule has 3 aromatic rings. The van der Waals surface area contributed by atoms with Crippen molar-refractivity contribution in [2.45, 2.75) is 12.8 Å². The first-order valence-electron chi connectivity index (χ1n) is 7.45. The van der Waals surface area contributed by atoms with Crippen LogP contribution in [-0.4, -0.2) is 16.8 Å². The Kier molecular flexibility index (Phi) is 5.62. The summed E-state index contributed by atoms with van der Waals surface area (Å²) in [6, 6.07) is 10.6. The molecule has 2 aromatic heterocycles. The molecule has 1 aromatic carbocycles. The predicted octanol–water partition coefficient (Wildman–Crippen LogP) is 4.32. The second-order valence-electron chi connectivity index (χ2n) is 5.13. The first-order chi connectivity index (χ1) is 12.1. The molecule has 0 saturated carbocycles. The van der Waals surface area contributed by atoms with Crippen LogP contribution in [0.2, 0.25) is 0 Å². The highest BCUT2D eigenvalue weighted by Gasteiger charge is 2.12. The zero-order valence-corrected chi connectivity index (χ0v) is 15.4. The van der Waals surface area contributed by atoms with Gasteiger partial charge in [-0.05, 0) is 36.8 Å². The Labute approximate surface area is 156 Å². The third-order valence-electron chi connectivity index (χ3n) is 3.23. The Bertz CT molecular complexity index is 877. The summed E-state index contributed by atoms with van der Waals surface area (Å²) in [5.74, 6) is -0.212. The van der Waals surface area contributed by atoms with Crippen molar-refractivity contribution in [3.63, 3.8) is 0 Å². The number of halogens is 1. The summed E-state index contributed by atoms with van der Waals surface area (Å²) < 4.78 is 5.93. The molecule has 0 fully saturated rings. The number of amides is 2. The average Bonchev–Trinajstić information content (AvgIpc) is 3.25. The Morgan fingerprint density at radius 2 is 2.08 bits per heavy atom. The number of thiazole rings is 1. The summed E-state index contributed by atoms with van der Waals surface area (Å²) in [5, 5.41) is 7.80. The van der Waals surface area contributed by atoms with Gasteiger partial charge in [-0.3, -0.25) is 14.9 Å². The van der Waals surface area contributed by atoms with Crippen LogP contribution in [0.25, 0.3) is 0 Å². The molecule has 0 aliphatic heterocycles. The van der Waals surface area contributed by atoms with Crippen molar-refractivity contribution in [2.24, 2.45) is 0 Å². The SMILES string of the molecule is O=C(CCc1csc(NC(=O)c2ccco2)n1)Nc1cccc(Br)c1. The van der Waals surface area contributed by atoms with Crippen LogP contribution in [-0.2, 0) is 11.2 Å². The first kappa shape index (κ1) is 17.4. The highest BCUT2D eigenvalue weighted by Crippen LogP contribution is 2.19. The Morgan fingerprint density at radius 3 is 2.84 bits per heavy atom. The third kappa shape index (κ3) is 5.01. The number of nitrogens with zero attached hydrogens (tertiary/aromatic N) is 1. The summed E-state index contributed by atoms with van der Waals surface area (Å²) in [5.41, 5.74) is 1.49. The number of hydrogen-bond acceptors (Lipinski definition) is 5. The van der Waals surface area contributed by atoms with Gasteiger partial charge in [0.05, 0.1) is 12.0 Å². The average molecular weight is 420 g/mol. The van der Waals surface area contributed by atoms with Crippen LogP contribution < -0.4 is 10.6 Å². The molecule has 0 aliphatic carbocycles. The van der Waals surface area contributed by atoms with E-state index in [9.17, 15) is 9.59 Å². The van der Waals surface area contributed by atoms with Gasteiger partial charge < -0.3 is 9.73 Å². The molecule has 2 amide bonds. The van der Waals surface area contributed by atoms with E-state index in [0.717, 1.165) is 15.9 Å². The summed E-state index contributed by atoms with van der Waals surface area (Å²) in [6.07, 6.45) is 2.24.